The summed E-state index contributed by atoms with van der Waals surface area (Å²) in [6.07, 6.45) is 2.09. The highest BCUT2D eigenvalue weighted by Gasteiger charge is 2.50. The summed E-state index contributed by atoms with van der Waals surface area (Å²) < 4.78 is 5.15. The number of esters is 1. The van der Waals surface area contributed by atoms with E-state index in [1.54, 1.807) is 18.2 Å². The molecule has 1 heterocycles. The fourth-order valence-corrected chi connectivity index (χ4v) is 5.68. The van der Waals surface area contributed by atoms with Gasteiger partial charge in [0.2, 0.25) is 11.8 Å². The molecule has 1 N–H and O–H groups in total. The van der Waals surface area contributed by atoms with Gasteiger partial charge < -0.3 is 10.1 Å². The number of halogens is 2. The molecular weight excluding hydrogens is 527 g/mol. The standard InChI is InChI=1S/C29H24Cl2N2O5/c30-20-10-12-25(24(31)15-20)32-26(34)16-38-29(37)19-7-4-8-21(13-19)33-27(35)22-11-9-18(14-23(22)28(33)36)17-5-2-1-3-6-17/h1-8,10,12-13,15,18,22-23H,9,11,14,16H2,(H,32,34)/t18-,22-,23-/m1/s1. The van der Waals surface area contributed by atoms with Gasteiger partial charge in [-0.05, 0) is 67.1 Å². The Kier molecular flexibility index (Phi) is 7.49. The van der Waals surface area contributed by atoms with Gasteiger partial charge in [-0.25, -0.2) is 4.79 Å². The predicted octanol–water partition coefficient (Wildman–Crippen LogP) is 5.86. The minimum Gasteiger partial charge on any atom is -0.452 e. The van der Waals surface area contributed by atoms with Crippen molar-refractivity contribution in [1.82, 2.24) is 0 Å². The zero-order valence-electron chi connectivity index (χ0n) is 20.2. The summed E-state index contributed by atoms with van der Waals surface area (Å²) in [5.41, 5.74) is 1.95. The summed E-state index contributed by atoms with van der Waals surface area (Å²) >= 11 is 11.9. The molecule has 7 nitrogen and oxygen atoms in total. The number of benzene rings is 3. The minimum absolute atomic E-state index is 0.123. The van der Waals surface area contributed by atoms with E-state index in [2.05, 4.69) is 17.4 Å². The minimum atomic E-state index is -0.759. The van der Waals surface area contributed by atoms with Crippen LogP contribution in [0, 0.1) is 11.8 Å². The van der Waals surface area contributed by atoms with Gasteiger partial charge in [0.05, 0.1) is 33.8 Å². The first-order chi connectivity index (χ1) is 18.3. The lowest BCUT2D eigenvalue weighted by Gasteiger charge is -2.28. The number of amides is 3. The fraction of sp³-hybridized carbons (Fsp3) is 0.241. The van der Waals surface area contributed by atoms with Crippen molar-refractivity contribution in [1.29, 1.82) is 0 Å². The van der Waals surface area contributed by atoms with Crippen LogP contribution < -0.4 is 10.2 Å². The third kappa shape index (κ3) is 5.30. The molecule has 3 aromatic rings. The monoisotopic (exact) mass is 550 g/mol. The number of hydrogen-bond acceptors (Lipinski definition) is 5. The number of ether oxygens (including phenoxy) is 1. The first kappa shape index (κ1) is 25.9. The molecule has 1 aliphatic heterocycles. The zero-order valence-corrected chi connectivity index (χ0v) is 21.7. The summed E-state index contributed by atoms with van der Waals surface area (Å²) in [6.45, 7) is -0.547. The smallest absolute Gasteiger partial charge is 0.338 e. The molecule has 0 aromatic heterocycles. The van der Waals surface area contributed by atoms with Crippen LogP contribution >= 0.6 is 23.2 Å². The molecule has 38 heavy (non-hydrogen) atoms. The van der Waals surface area contributed by atoms with Gasteiger partial charge in [0.15, 0.2) is 6.61 Å². The number of nitrogens with one attached hydrogen (secondary N) is 1. The molecule has 2 fully saturated rings. The van der Waals surface area contributed by atoms with Crippen molar-refractivity contribution in [2.45, 2.75) is 25.2 Å². The second-order valence-electron chi connectivity index (χ2n) is 9.44. The second kappa shape index (κ2) is 11.0. The van der Waals surface area contributed by atoms with Crippen LogP contribution in [0.2, 0.25) is 10.0 Å². The maximum absolute atomic E-state index is 13.4. The number of fused-ring (bicyclic) bond motifs is 1. The maximum Gasteiger partial charge on any atom is 0.338 e. The Morgan fingerprint density at radius 2 is 1.66 bits per heavy atom. The topological polar surface area (TPSA) is 92.8 Å². The number of hydrogen-bond donors (Lipinski definition) is 1. The van der Waals surface area contributed by atoms with Gasteiger partial charge in [-0.3, -0.25) is 19.3 Å². The van der Waals surface area contributed by atoms with Crippen LogP contribution in [-0.4, -0.2) is 30.3 Å². The van der Waals surface area contributed by atoms with E-state index in [1.165, 1.54) is 34.7 Å². The van der Waals surface area contributed by atoms with Crippen molar-refractivity contribution in [3.63, 3.8) is 0 Å². The lowest BCUT2D eigenvalue weighted by molar-refractivity contribution is -0.122. The van der Waals surface area contributed by atoms with Gasteiger partial charge in [0.1, 0.15) is 0 Å². The Morgan fingerprint density at radius 3 is 2.42 bits per heavy atom. The summed E-state index contributed by atoms with van der Waals surface area (Å²) in [6, 6.07) is 20.8. The van der Waals surface area contributed by atoms with Crippen LogP contribution in [0.4, 0.5) is 11.4 Å². The second-order valence-corrected chi connectivity index (χ2v) is 10.3. The summed E-state index contributed by atoms with van der Waals surface area (Å²) in [4.78, 5) is 52.7. The molecule has 5 rings (SSSR count). The van der Waals surface area contributed by atoms with Crippen LogP contribution in [-0.2, 0) is 19.1 Å². The summed E-state index contributed by atoms with van der Waals surface area (Å²) in [7, 11) is 0. The molecule has 3 aromatic carbocycles. The third-order valence-electron chi connectivity index (χ3n) is 7.08. The molecule has 0 radical (unpaired) electrons. The number of nitrogens with zero attached hydrogens (tertiary/aromatic N) is 1. The number of carbonyl (C=O) groups is 4. The molecular formula is C29H24Cl2N2O5. The largest absolute Gasteiger partial charge is 0.452 e. The van der Waals surface area contributed by atoms with Crippen LogP contribution in [0.3, 0.4) is 0 Å². The van der Waals surface area contributed by atoms with Crippen molar-refractivity contribution in [2.24, 2.45) is 11.8 Å². The van der Waals surface area contributed by atoms with E-state index in [0.717, 1.165) is 6.42 Å². The highest BCUT2D eigenvalue weighted by molar-refractivity contribution is 6.36. The number of rotatable bonds is 6. The number of carbonyl (C=O) groups excluding carboxylic acids is 4. The Morgan fingerprint density at radius 1 is 0.895 bits per heavy atom. The SMILES string of the molecule is O=C(COC(=O)c1cccc(N2C(=O)[C@@H]3CC[C@@H](c4ccccc4)C[C@H]3C2=O)c1)Nc1ccc(Cl)cc1Cl. The van der Waals surface area contributed by atoms with E-state index in [4.69, 9.17) is 27.9 Å². The van der Waals surface area contributed by atoms with Gasteiger partial charge in [0.25, 0.3) is 5.91 Å². The quantitative estimate of drug-likeness (QED) is 0.306. The van der Waals surface area contributed by atoms with Crippen LogP contribution in [0.25, 0.3) is 0 Å². The summed E-state index contributed by atoms with van der Waals surface area (Å²) in [5.74, 6) is -2.35. The Labute approximate surface area is 229 Å². The number of imide groups is 1. The van der Waals surface area contributed by atoms with E-state index < -0.39 is 18.5 Å². The molecule has 0 bridgehead atoms. The average Bonchev–Trinajstić information content (AvgIpc) is 3.18. The molecule has 3 atom stereocenters. The molecule has 1 saturated carbocycles. The summed E-state index contributed by atoms with van der Waals surface area (Å²) in [5, 5.41) is 3.22. The maximum atomic E-state index is 13.4. The average molecular weight is 551 g/mol. The van der Waals surface area contributed by atoms with Crippen molar-refractivity contribution in [2.75, 3.05) is 16.8 Å². The molecule has 2 aliphatic rings. The van der Waals surface area contributed by atoms with Gasteiger partial charge in [-0.1, -0.05) is 59.6 Å². The van der Waals surface area contributed by atoms with Crippen LogP contribution in [0.5, 0.6) is 0 Å². The fourth-order valence-electron chi connectivity index (χ4n) is 5.23. The van der Waals surface area contributed by atoms with Gasteiger partial charge in [-0.2, -0.15) is 0 Å². The number of anilines is 2. The third-order valence-corrected chi connectivity index (χ3v) is 7.62. The first-order valence-corrected chi connectivity index (χ1v) is 13.0. The van der Waals surface area contributed by atoms with E-state index in [1.807, 2.05) is 18.2 Å². The Hall–Kier alpha value is -3.68. The Balaban J connectivity index is 1.24. The van der Waals surface area contributed by atoms with E-state index in [-0.39, 0.29) is 40.2 Å². The van der Waals surface area contributed by atoms with Crippen molar-refractivity contribution < 1.29 is 23.9 Å². The lowest BCUT2D eigenvalue weighted by atomic mass is 9.73. The van der Waals surface area contributed by atoms with Gasteiger partial charge in [-0.15, -0.1) is 0 Å². The molecule has 1 aliphatic carbocycles. The first-order valence-electron chi connectivity index (χ1n) is 12.3. The van der Waals surface area contributed by atoms with Gasteiger partial charge in [0, 0.05) is 5.02 Å². The molecule has 0 spiro atoms. The van der Waals surface area contributed by atoms with Crippen molar-refractivity contribution in [3.8, 4) is 0 Å². The Bertz CT molecular complexity index is 1410. The normalized spacial score (nSPS) is 20.7. The van der Waals surface area contributed by atoms with Crippen molar-refractivity contribution >= 4 is 58.3 Å². The zero-order chi connectivity index (χ0) is 26.8. The van der Waals surface area contributed by atoms with Crippen LogP contribution in [0.15, 0.2) is 72.8 Å². The predicted molar refractivity (Wildman–Crippen MR) is 144 cm³/mol. The molecule has 0 unspecified atom stereocenters. The van der Waals surface area contributed by atoms with E-state index >= 15 is 0 Å². The molecule has 3 amide bonds. The van der Waals surface area contributed by atoms with Crippen LogP contribution in [0.1, 0.15) is 41.1 Å². The van der Waals surface area contributed by atoms with Crippen molar-refractivity contribution in [3.05, 3.63) is 94.0 Å². The molecule has 194 valence electrons. The van der Waals surface area contributed by atoms with Gasteiger partial charge >= 0.3 is 5.97 Å². The highest BCUT2D eigenvalue weighted by Crippen LogP contribution is 2.45. The molecule has 9 heteroatoms. The van der Waals surface area contributed by atoms with E-state index in [0.29, 0.717) is 29.2 Å². The van der Waals surface area contributed by atoms with E-state index in [9.17, 15) is 19.2 Å². The highest BCUT2D eigenvalue weighted by atomic mass is 35.5. The lowest BCUT2D eigenvalue weighted by Crippen LogP contribution is -2.31. The molecule has 1 saturated heterocycles.